The molecule has 0 saturated heterocycles. The van der Waals surface area contributed by atoms with Crippen LogP contribution in [0, 0.1) is 12.8 Å². The third-order valence-electron chi connectivity index (χ3n) is 5.71. The number of sulfonamides is 1. The van der Waals surface area contributed by atoms with Gasteiger partial charge in [-0.1, -0.05) is 43.3 Å². The molecule has 2 aromatic carbocycles. The van der Waals surface area contributed by atoms with E-state index in [0.29, 0.717) is 17.4 Å². The molecule has 3 atom stereocenters. The number of allylic oxidation sites excluding steroid dienone is 2. The molecule has 5 heteroatoms. The minimum absolute atomic E-state index is 0.236. The molecule has 0 fully saturated rings. The molecule has 0 saturated carbocycles. The predicted molar refractivity (Wildman–Crippen MR) is 109 cm³/mol. The summed E-state index contributed by atoms with van der Waals surface area (Å²) < 4.78 is 27.8. The van der Waals surface area contributed by atoms with Crippen LogP contribution in [0.2, 0.25) is 0 Å². The molecule has 2 aromatic rings. The van der Waals surface area contributed by atoms with Crippen LogP contribution in [0.1, 0.15) is 48.4 Å². The summed E-state index contributed by atoms with van der Waals surface area (Å²) in [5, 5.41) is 3.69. The molecule has 0 spiro atoms. The fourth-order valence-electron chi connectivity index (χ4n) is 4.30. The zero-order valence-corrected chi connectivity index (χ0v) is 16.6. The third kappa shape index (κ3) is 3.30. The largest absolute Gasteiger partial charge is 0.378 e. The molecule has 0 bridgehead atoms. The summed E-state index contributed by atoms with van der Waals surface area (Å²) >= 11 is 0. The first-order valence-electron chi connectivity index (χ1n) is 9.63. The number of hydrogen-bond acceptors (Lipinski definition) is 3. The second kappa shape index (κ2) is 7.13. The molecule has 0 radical (unpaired) electrons. The fourth-order valence-corrected chi connectivity index (χ4v) is 5.47. The summed E-state index contributed by atoms with van der Waals surface area (Å²) in [4.78, 5) is 0.352. The Balaban J connectivity index is 1.73. The molecule has 2 N–H and O–H groups in total. The highest BCUT2D eigenvalue weighted by Gasteiger charge is 2.38. The Morgan fingerprint density at radius 3 is 2.74 bits per heavy atom. The second-order valence-electron chi connectivity index (χ2n) is 7.48. The average Bonchev–Trinajstić information content (AvgIpc) is 3.16. The summed E-state index contributed by atoms with van der Waals surface area (Å²) in [6.07, 6.45) is 6.25. The van der Waals surface area contributed by atoms with Crippen molar-refractivity contribution in [3.63, 3.8) is 0 Å². The Labute approximate surface area is 161 Å². The van der Waals surface area contributed by atoms with Gasteiger partial charge in [0.1, 0.15) is 0 Å². The lowest BCUT2D eigenvalue weighted by molar-refractivity contribution is 0.424. The van der Waals surface area contributed by atoms with Gasteiger partial charge in [-0.05, 0) is 60.6 Å². The first-order valence-corrected chi connectivity index (χ1v) is 11.1. The molecule has 1 aliphatic carbocycles. The predicted octanol–water partition coefficient (Wildman–Crippen LogP) is 4.51. The van der Waals surface area contributed by atoms with Crippen molar-refractivity contribution in [1.82, 2.24) is 4.72 Å². The van der Waals surface area contributed by atoms with Crippen molar-refractivity contribution in [1.29, 1.82) is 0 Å². The Hall–Kier alpha value is -2.11. The highest BCUT2D eigenvalue weighted by Crippen LogP contribution is 2.50. The van der Waals surface area contributed by atoms with Gasteiger partial charge in [-0.3, -0.25) is 0 Å². The number of benzene rings is 2. The summed E-state index contributed by atoms with van der Waals surface area (Å²) in [6, 6.07) is 14.2. The van der Waals surface area contributed by atoms with Gasteiger partial charge in [-0.25, -0.2) is 13.1 Å². The van der Waals surface area contributed by atoms with Gasteiger partial charge >= 0.3 is 0 Å². The minimum Gasteiger partial charge on any atom is -0.378 e. The van der Waals surface area contributed by atoms with Gasteiger partial charge in [0.2, 0.25) is 10.0 Å². The van der Waals surface area contributed by atoms with E-state index in [1.807, 2.05) is 19.1 Å². The number of anilines is 1. The van der Waals surface area contributed by atoms with E-state index in [2.05, 4.69) is 53.4 Å². The van der Waals surface area contributed by atoms with Gasteiger partial charge in [0.25, 0.3) is 0 Å². The Bertz CT molecular complexity index is 982. The molecule has 0 aromatic heterocycles. The van der Waals surface area contributed by atoms with Crippen molar-refractivity contribution in [2.45, 2.75) is 43.5 Å². The van der Waals surface area contributed by atoms with E-state index in [4.69, 9.17) is 0 Å². The first-order chi connectivity index (χ1) is 13.0. The zero-order valence-electron chi connectivity index (χ0n) is 15.8. The third-order valence-corrected chi connectivity index (χ3v) is 7.17. The van der Waals surface area contributed by atoms with E-state index in [0.717, 1.165) is 24.1 Å². The maximum atomic E-state index is 12.5. The van der Waals surface area contributed by atoms with Gasteiger partial charge < -0.3 is 5.32 Å². The quantitative estimate of drug-likeness (QED) is 0.748. The Kier molecular flexibility index (Phi) is 4.82. The maximum absolute atomic E-state index is 12.5. The van der Waals surface area contributed by atoms with E-state index in [9.17, 15) is 8.42 Å². The van der Waals surface area contributed by atoms with Crippen LogP contribution >= 0.6 is 0 Å². The Morgan fingerprint density at radius 2 is 1.96 bits per heavy atom. The fraction of sp³-hybridized carbons (Fsp3) is 0.364. The van der Waals surface area contributed by atoms with E-state index in [1.54, 1.807) is 6.07 Å². The van der Waals surface area contributed by atoms with Gasteiger partial charge in [0.15, 0.2) is 0 Å². The summed E-state index contributed by atoms with van der Waals surface area (Å²) in [6.45, 7) is 4.57. The van der Waals surface area contributed by atoms with Crippen LogP contribution in [-0.4, -0.2) is 15.0 Å². The molecular weight excluding hydrogens is 356 g/mol. The van der Waals surface area contributed by atoms with E-state index in [-0.39, 0.29) is 12.0 Å². The number of rotatable bonds is 5. The highest BCUT2D eigenvalue weighted by atomic mass is 32.2. The lowest BCUT2D eigenvalue weighted by atomic mass is 9.76. The zero-order chi connectivity index (χ0) is 19.0. The monoisotopic (exact) mass is 382 g/mol. The van der Waals surface area contributed by atoms with Crippen molar-refractivity contribution in [2.75, 3.05) is 11.9 Å². The van der Waals surface area contributed by atoms with Crippen molar-refractivity contribution >= 4 is 15.7 Å². The lowest BCUT2D eigenvalue weighted by Gasteiger charge is -2.38. The van der Waals surface area contributed by atoms with Crippen LogP contribution in [0.5, 0.6) is 0 Å². The van der Waals surface area contributed by atoms with Crippen LogP contribution in [0.15, 0.2) is 59.5 Å². The van der Waals surface area contributed by atoms with Gasteiger partial charge in [-0.2, -0.15) is 0 Å². The maximum Gasteiger partial charge on any atom is 0.240 e. The van der Waals surface area contributed by atoms with E-state index < -0.39 is 10.0 Å². The van der Waals surface area contributed by atoms with Crippen LogP contribution < -0.4 is 10.0 Å². The number of fused-ring (bicyclic) bond motifs is 3. The normalized spacial score (nSPS) is 23.6. The van der Waals surface area contributed by atoms with Gasteiger partial charge in [0, 0.05) is 18.2 Å². The standard InChI is InChI=1S/C22H26N2O2S/c1-3-13-23-27(25,26)16-11-12-21-20(14-16)18-9-6-10-19(18)22(24-21)17-8-5-4-7-15(17)2/h4-9,11-12,14,18-19,22-24H,3,10,13H2,1-2H3. The van der Waals surface area contributed by atoms with Crippen LogP contribution in [0.3, 0.4) is 0 Å². The first kappa shape index (κ1) is 18.3. The van der Waals surface area contributed by atoms with Crippen molar-refractivity contribution in [3.05, 3.63) is 71.3 Å². The lowest BCUT2D eigenvalue weighted by Crippen LogP contribution is -2.30. The van der Waals surface area contributed by atoms with Gasteiger partial charge in [-0.15, -0.1) is 0 Å². The minimum atomic E-state index is -3.46. The van der Waals surface area contributed by atoms with E-state index in [1.165, 1.54) is 11.1 Å². The highest BCUT2D eigenvalue weighted by molar-refractivity contribution is 7.89. The molecule has 142 valence electrons. The number of nitrogens with one attached hydrogen (secondary N) is 2. The van der Waals surface area contributed by atoms with Crippen molar-refractivity contribution in [2.24, 2.45) is 5.92 Å². The molecule has 4 nitrogen and oxygen atoms in total. The molecule has 3 unspecified atom stereocenters. The van der Waals surface area contributed by atoms with Crippen LogP contribution in [-0.2, 0) is 10.0 Å². The Morgan fingerprint density at radius 1 is 1.15 bits per heavy atom. The molecule has 1 heterocycles. The molecular formula is C22H26N2O2S. The van der Waals surface area contributed by atoms with Gasteiger partial charge in [0.05, 0.1) is 10.9 Å². The summed E-state index contributed by atoms with van der Waals surface area (Å²) in [7, 11) is -3.46. The topological polar surface area (TPSA) is 58.2 Å². The smallest absolute Gasteiger partial charge is 0.240 e. The molecule has 4 rings (SSSR count). The molecule has 1 aliphatic heterocycles. The average molecular weight is 383 g/mol. The SMILES string of the molecule is CCCNS(=O)(=O)c1ccc2c(c1)C1C=CCC1C(c1ccccc1C)N2. The van der Waals surface area contributed by atoms with E-state index >= 15 is 0 Å². The van der Waals surface area contributed by atoms with Crippen LogP contribution in [0.25, 0.3) is 0 Å². The molecule has 27 heavy (non-hydrogen) atoms. The molecule has 2 aliphatic rings. The summed E-state index contributed by atoms with van der Waals surface area (Å²) in [5.74, 6) is 0.646. The van der Waals surface area contributed by atoms with Crippen molar-refractivity contribution < 1.29 is 8.42 Å². The summed E-state index contributed by atoms with van der Waals surface area (Å²) in [5.41, 5.74) is 4.72. The van der Waals surface area contributed by atoms with Crippen LogP contribution in [0.4, 0.5) is 5.69 Å². The van der Waals surface area contributed by atoms with Crippen molar-refractivity contribution in [3.8, 4) is 0 Å². The number of hydrogen-bond donors (Lipinski definition) is 2. The molecule has 0 amide bonds. The number of aryl methyl sites for hydroxylation is 1. The second-order valence-corrected chi connectivity index (χ2v) is 9.25.